The highest BCUT2D eigenvalue weighted by molar-refractivity contribution is 5.88. The fraction of sp³-hybridized carbons (Fsp3) is 0.462. The zero-order valence-corrected chi connectivity index (χ0v) is 11.8. The van der Waals surface area contributed by atoms with Gasteiger partial charge in [-0.2, -0.15) is 0 Å². The lowest BCUT2D eigenvalue weighted by molar-refractivity contribution is -0.384. The van der Waals surface area contributed by atoms with E-state index in [0.29, 0.717) is 13.0 Å². The minimum atomic E-state index is -0.729. The van der Waals surface area contributed by atoms with E-state index in [-0.39, 0.29) is 11.4 Å². The minimum Gasteiger partial charge on any atom is -0.444 e. The van der Waals surface area contributed by atoms with E-state index >= 15 is 0 Å². The van der Waals surface area contributed by atoms with E-state index in [1.165, 1.54) is 12.1 Å². The molecule has 0 saturated carbocycles. The molecule has 0 unspecified atom stereocenters. The third-order valence-corrected chi connectivity index (χ3v) is 2.33. The summed E-state index contributed by atoms with van der Waals surface area (Å²) in [5.41, 5.74) is 5.41. The summed E-state index contributed by atoms with van der Waals surface area (Å²) in [4.78, 5) is 22.1. The molecule has 0 aliphatic rings. The molecule has 1 aromatic carbocycles. The van der Waals surface area contributed by atoms with Gasteiger partial charge in [0, 0.05) is 6.07 Å². The predicted molar refractivity (Wildman–Crippen MR) is 75.7 cm³/mol. The molecule has 0 atom stereocenters. The minimum absolute atomic E-state index is 0.102. The van der Waals surface area contributed by atoms with Gasteiger partial charge in [-0.05, 0) is 45.4 Å². The molecule has 0 aliphatic carbocycles. The number of nitro benzene ring substituents is 1. The molecular formula is C13H19N3O4. The van der Waals surface area contributed by atoms with E-state index in [1.54, 1.807) is 26.8 Å². The van der Waals surface area contributed by atoms with Gasteiger partial charge >= 0.3 is 6.09 Å². The van der Waals surface area contributed by atoms with Crippen LogP contribution in [0.25, 0.3) is 0 Å². The van der Waals surface area contributed by atoms with Crippen LogP contribution in [0.15, 0.2) is 18.2 Å². The van der Waals surface area contributed by atoms with Crippen LogP contribution in [-0.2, 0) is 11.2 Å². The van der Waals surface area contributed by atoms with Crippen molar-refractivity contribution >= 4 is 17.5 Å². The lowest BCUT2D eigenvalue weighted by Crippen LogP contribution is -2.27. The average molecular weight is 281 g/mol. The molecule has 7 nitrogen and oxygen atoms in total. The van der Waals surface area contributed by atoms with Gasteiger partial charge < -0.3 is 10.5 Å². The molecule has 110 valence electrons. The quantitative estimate of drug-likeness (QED) is 0.651. The first kappa shape index (κ1) is 15.9. The summed E-state index contributed by atoms with van der Waals surface area (Å²) in [7, 11) is 0. The Morgan fingerprint density at radius 3 is 2.60 bits per heavy atom. The van der Waals surface area contributed by atoms with Gasteiger partial charge in [-0.25, -0.2) is 4.79 Å². The van der Waals surface area contributed by atoms with Gasteiger partial charge in [0.05, 0.1) is 4.92 Å². The number of nitrogens with two attached hydrogens (primary N) is 1. The topological polar surface area (TPSA) is 107 Å². The number of nitrogens with one attached hydrogen (secondary N) is 1. The summed E-state index contributed by atoms with van der Waals surface area (Å²) in [6.45, 7) is 5.54. The number of carbonyl (C=O) groups is 1. The zero-order chi connectivity index (χ0) is 15.3. The number of carbonyl (C=O) groups excluding carboxylic acids is 1. The monoisotopic (exact) mass is 281 g/mol. The highest BCUT2D eigenvalue weighted by Gasteiger charge is 2.20. The summed E-state index contributed by atoms with van der Waals surface area (Å²) in [5.74, 6) is 0. The number of benzene rings is 1. The van der Waals surface area contributed by atoms with Crippen molar-refractivity contribution in [3.05, 3.63) is 33.9 Å². The van der Waals surface area contributed by atoms with Crippen LogP contribution < -0.4 is 11.1 Å². The highest BCUT2D eigenvalue weighted by atomic mass is 16.6. The summed E-state index contributed by atoms with van der Waals surface area (Å²) in [5, 5.41) is 13.4. The first-order chi connectivity index (χ1) is 9.23. The molecular weight excluding hydrogens is 262 g/mol. The Bertz CT molecular complexity index is 509. The molecule has 3 N–H and O–H groups in total. The van der Waals surface area contributed by atoms with Gasteiger partial charge in [0.1, 0.15) is 11.3 Å². The largest absolute Gasteiger partial charge is 0.444 e. The summed E-state index contributed by atoms with van der Waals surface area (Å²) < 4.78 is 5.06. The van der Waals surface area contributed by atoms with E-state index in [2.05, 4.69) is 5.32 Å². The van der Waals surface area contributed by atoms with Gasteiger partial charge in [0.15, 0.2) is 0 Å². The molecule has 7 heteroatoms. The molecule has 0 spiro atoms. The number of rotatable bonds is 4. The maximum atomic E-state index is 11.6. The van der Waals surface area contributed by atoms with Crippen LogP contribution in [0.5, 0.6) is 0 Å². The van der Waals surface area contributed by atoms with Crippen molar-refractivity contribution < 1.29 is 14.5 Å². The van der Waals surface area contributed by atoms with Crippen molar-refractivity contribution in [1.29, 1.82) is 0 Å². The van der Waals surface area contributed by atoms with Crippen LogP contribution in [-0.4, -0.2) is 23.2 Å². The Morgan fingerprint density at radius 1 is 1.45 bits per heavy atom. The number of ether oxygens (including phenoxy) is 1. The zero-order valence-electron chi connectivity index (χ0n) is 11.8. The van der Waals surface area contributed by atoms with Crippen molar-refractivity contribution in [1.82, 2.24) is 0 Å². The maximum absolute atomic E-state index is 11.6. The molecule has 1 amide bonds. The number of hydrogen-bond donors (Lipinski definition) is 2. The molecule has 0 bridgehead atoms. The second-order valence-corrected chi connectivity index (χ2v) is 5.27. The van der Waals surface area contributed by atoms with Crippen molar-refractivity contribution in [3.8, 4) is 0 Å². The van der Waals surface area contributed by atoms with Gasteiger partial charge in [-0.15, -0.1) is 0 Å². The molecule has 0 heterocycles. The number of nitro groups is 1. The fourth-order valence-corrected chi connectivity index (χ4v) is 1.57. The Labute approximate surface area is 117 Å². The lowest BCUT2D eigenvalue weighted by atomic mass is 10.1. The van der Waals surface area contributed by atoms with Crippen LogP contribution in [0, 0.1) is 10.1 Å². The van der Waals surface area contributed by atoms with E-state index in [4.69, 9.17) is 10.5 Å². The van der Waals surface area contributed by atoms with Crippen LogP contribution >= 0.6 is 0 Å². The molecule has 20 heavy (non-hydrogen) atoms. The number of anilines is 1. The average Bonchev–Trinajstić information content (AvgIpc) is 2.28. The molecule has 0 aromatic heterocycles. The normalized spacial score (nSPS) is 11.0. The van der Waals surface area contributed by atoms with Crippen LogP contribution in [0.1, 0.15) is 26.3 Å². The van der Waals surface area contributed by atoms with Crippen LogP contribution in [0.2, 0.25) is 0 Å². The van der Waals surface area contributed by atoms with Crippen LogP contribution in [0.3, 0.4) is 0 Å². The number of amides is 1. The van der Waals surface area contributed by atoms with E-state index in [0.717, 1.165) is 5.56 Å². The number of hydrogen-bond acceptors (Lipinski definition) is 5. The SMILES string of the molecule is CC(C)(C)OC(=O)Nc1ccc(CCN)cc1[N+](=O)[O-]. The van der Waals surface area contributed by atoms with E-state index < -0.39 is 16.6 Å². The second kappa shape index (κ2) is 6.33. The molecule has 0 fully saturated rings. The Balaban J connectivity index is 2.94. The Morgan fingerprint density at radius 2 is 2.10 bits per heavy atom. The molecule has 0 aliphatic heterocycles. The predicted octanol–water partition coefficient (Wildman–Crippen LogP) is 2.44. The summed E-state index contributed by atoms with van der Waals surface area (Å²) in [6.07, 6.45) is -0.194. The molecule has 1 rings (SSSR count). The van der Waals surface area contributed by atoms with Crippen molar-refractivity contribution in [2.24, 2.45) is 5.73 Å². The second-order valence-electron chi connectivity index (χ2n) is 5.27. The van der Waals surface area contributed by atoms with Gasteiger partial charge in [0.2, 0.25) is 0 Å². The first-order valence-corrected chi connectivity index (χ1v) is 6.20. The fourth-order valence-electron chi connectivity index (χ4n) is 1.57. The highest BCUT2D eigenvalue weighted by Crippen LogP contribution is 2.26. The van der Waals surface area contributed by atoms with E-state index in [9.17, 15) is 14.9 Å². The smallest absolute Gasteiger partial charge is 0.412 e. The van der Waals surface area contributed by atoms with Gasteiger partial charge in [0.25, 0.3) is 5.69 Å². The van der Waals surface area contributed by atoms with Crippen molar-refractivity contribution in [2.75, 3.05) is 11.9 Å². The first-order valence-electron chi connectivity index (χ1n) is 6.20. The molecule has 0 saturated heterocycles. The van der Waals surface area contributed by atoms with Crippen molar-refractivity contribution in [3.63, 3.8) is 0 Å². The van der Waals surface area contributed by atoms with Gasteiger partial charge in [-0.1, -0.05) is 6.07 Å². The summed E-state index contributed by atoms with van der Waals surface area (Å²) >= 11 is 0. The Hall–Kier alpha value is -2.15. The third-order valence-electron chi connectivity index (χ3n) is 2.33. The van der Waals surface area contributed by atoms with Crippen LogP contribution in [0.4, 0.5) is 16.2 Å². The maximum Gasteiger partial charge on any atom is 0.412 e. The lowest BCUT2D eigenvalue weighted by Gasteiger charge is -2.19. The Kier molecular flexibility index (Phi) is 5.04. The van der Waals surface area contributed by atoms with E-state index in [1.807, 2.05) is 0 Å². The summed E-state index contributed by atoms with van der Waals surface area (Å²) in [6, 6.07) is 4.57. The third kappa shape index (κ3) is 4.85. The molecule has 0 radical (unpaired) electrons. The molecule has 1 aromatic rings. The van der Waals surface area contributed by atoms with Crippen molar-refractivity contribution in [2.45, 2.75) is 32.8 Å². The number of nitrogens with zero attached hydrogens (tertiary/aromatic N) is 1. The van der Waals surface area contributed by atoms with Gasteiger partial charge in [-0.3, -0.25) is 15.4 Å². The standard InChI is InChI=1S/C13H19N3O4/c1-13(2,3)20-12(17)15-10-5-4-9(6-7-14)8-11(10)16(18)19/h4-5,8H,6-7,14H2,1-3H3,(H,15,17).